The first-order chi connectivity index (χ1) is 10.2. The maximum absolute atomic E-state index is 10.1. The summed E-state index contributed by atoms with van der Waals surface area (Å²) in [6.07, 6.45) is 12.5. The van der Waals surface area contributed by atoms with Crippen LogP contribution in [0, 0.1) is 10.8 Å². The van der Waals surface area contributed by atoms with Crippen LogP contribution in [0.5, 0.6) is 0 Å². The molecule has 2 atom stereocenters. The lowest BCUT2D eigenvalue weighted by atomic mass is 10.0. The zero-order valence-corrected chi connectivity index (χ0v) is 12.8. The molecule has 0 amide bonds. The second kappa shape index (κ2) is 11.0. The van der Waals surface area contributed by atoms with E-state index < -0.39 is 0 Å². The lowest BCUT2D eigenvalue weighted by Gasteiger charge is -2.08. The third-order valence-corrected chi connectivity index (χ3v) is 3.38. The van der Waals surface area contributed by atoms with Gasteiger partial charge in [-0.25, -0.2) is 0 Å². The number of hydrogen-bond acceptors (Lipinski definition) is 3. The molecule has 0 radical (unpaired) electrons. The van der Waals surface area contributed by atoms with Gasteiger partial charge in [0.2, 0.25) is 0 Å². The quantitative estimate of drug-likeness (QED) is 0.383. The van der Waals surface area contributed by atoms with Crippen molar-refractivity contribution in [3.8, 4) is 0 Å². The van der Waals surface area contributed by atoms with Crippen LogP contribution in [0.2, 0.25) is 0 Å². The summed E-state index contributed by atoms with van der Waals surface area (Å²) in [4.78, 5) is 10.1. The Morgan fingerprint density at radius 2 is 1.67 bits per heavy atom. The number of nitrogens with two attached hydrogens (primary N) is 1. The highest BCUT2D eigenvalue weighted by Crippen LogP contribution is 2.13. The van der Waals surface area contributed by atoms with Crippen molar-refractivity contribution in [3.63, 3.8) is 0 Å². The Bertz CT molecular complexity index is 440. The molecule has 21 heavy (non-hydrogen) atoms. The summed E-state index contributed by atoms with van der Waals surface area (Å²) in [6, 6.07) is 10.3. The summed E-state index contributed by atoms with van der Waals surface area (Å²) in [5, 5.41) is 2.91. The van der Waals surface area contributed by atoms with Crippen molar-refractivity contribution in [2.24, 2.45) is 16.8 Å². The van der Waals surface area contributed by atoms with Crippen LogP contribution in [-0.4, -0.2) is 6.54 Å². The molecule has 3 nitrogen and oxygen atoms in total. The van der Waals surface area contributed by atoms with Gasteiger partial charge in [-0.05, 0) is 37.2 Å². The Labute approximate surface area is 127 Å². The van der Waals surface area contributed by atoms with Gasteiger partial charge in [-0.3, -0.25) is 0 Å². The molecule has 0 aliphatic heterocycles. The van der Waals surface area contributed by atoms with E-state index in [4.69, 9.17) is 5.73 Å². The molecule has 0 saturated carbocycles. The molecule has 0 bridgehead atoms. The van der Waals surface area contributed by atoms with E-state index in [0.29, 0.717) is 12.5 Å². The van der Waals surface area contributed by atoms with Crippen molar-refractivity contribution in [2.45, 2.75) is 38.6 Å². The van der Waals surface area contributed by atoms with Crippen LogP contribution in [0.25, 0.3) is 0 Å². The first kappa shape index (κ1) is 17.3. The van der Waals surface area contributed by atoms with Crippen LogP contribution in [0.15, 0.2) is 59.8 Å². The largest absolute Gasteiger partial charge is 0.324 e. The number of unbranched alkanes of at least 4 members (excludes halogenated alkanes) is 1. The average molecular weight is 286 g/mol. The molecule has 0 aliphatic rings. The Kier molecular flexibility index (Phi) is 9.05. The average Bonchev–Trinajstić information content (AvgIpc) is 2.51. The van der Waals surface area contributed by atoms with E-state index in [2.05, 4.69) is 41.6 Å². The summed E-state index contributed by atoms with van der Waals surface area (Å²) in [5.41, 5.74) is 7.30. The molecular formula is C18H26N2O. The zero-order chi connectivity index (χ0) is 15.3. The number of rotatable bonds is 10. The van der Waals surface area contributed by atoms with Gasteiger partial charge in [-0.2, -0.15) is 4.91 Å². The zero-order valence-electron chi connectivity index (χ0n) is 12.8. The molecule has 0 fully saturated rings. The predicted molar refractivity (Wildman–Crippen MR) is 89.9 cm³/mol. The molecule has 1 rings (SSSR count). The van der Waals surface area contributed by atoms with Gasteiger partial charge in [0.1, 0.15) is 0 Å². The molecule has 114 valence electrons. The fraction of sp³-hybridized carbons (Fsp3) is 0.444. The lowest BCUT2D eigenvalue weighted by Crippen LogP contribution is -2.08. The standard InChI is InChI=1S/C18H26N2O/c1-16(15-20-21)11-7-4-2-3-5-10-14-18(19)17-12-8-6-9-13-17/h4-10,12-13,16,18H,2-3,11,14-15,19H2,1H3. The fourth-order valence-electron chi connectivity index (χ4n) is 2.04. The van der Waals surface area contributed by atoms with Crippen LogP contribution in [0.4, 0.5) is 0 Å². The van der Waals surface area contributed by atoms with Crippen molar-refractivity contribution in [1.29, 1.82) is 0 Å². The summed E-state index contributed by atoms with van der Waals surface area (Å²) in [5.74, 6) is 0.346. The molecule has 3 heteroatoms. The van der Waals surface area contributed by atoms with Gasteiger partial charge in [0, 0.05) is 6.04 Å². The Balaban J connectivity index is 2.12. The summed E-state index contributed by atoms with van der Waals surface area (Å²) in [7, 11) is 0. The first-order valence-corrected chi connectivity index (χ1v) is 7.63. The molecule has 0 spiro atoms. The van der Waals surface area contributed by atoms with Gasteiger partial charge < -0.3 is 5.73 Å². The molecule has 1 aromatic rings. The second-order valence-corrected chi connectivity index (χ2v) is 5.43. The van der Waals surface area contributed by atoms with Gasteiger partial charge in [-0.1, -0.05) is 66.7 Å². The van der Waals surface area contributed by atoms with Gasteiger partial charge in [-0.15, -0.1) is 0 Å². The van der Waals surface area contributed by atoms with E-state index in [1.165, 1.54) is 5.56 Å². The topological polar surface area (TPSA) is 55.4 Å². The smallest absolute Gasteiger partial charge is 0.0839 e. The fourth-order valence-corrected chi connectivity index (χ4v) is 2.04. The summed E-state index contributed by atoms with van der Waals surface area (Å²) >= 11 is 0. The van der Waals surface area contributed by atoms with Crippen LogP contribution in [-0.2, 0) is 0 Å². The Morgan fingerprint density at radius 1 is 1.05 bits per heavy atom. The van der Waals surface area contributed by atoms with Gasteiger partial charge in [0.15, 0.2) is 0 Å². The van der Waals surface area contributed by atoms with Gasteiger partial charge in [0.25, 0.3) is 0 Å². The Hall–Kier alpha value is -1.74. The monoisotopic (exact) mass is 286 g/mol. The number of allylic oxidation sites excluding steroid dienone is 3. The van der Waals surface area contributed by atoms with Crippen molar-refractivity contribution in [1.82, 2.24) is 0 Å². The maximum atomic E-state index is 10.1. The van der Waals surface area contributed by atoms with Crippen LogP contribution in [0.1, 0.15) is 44.2 Å². The lowest BCUT2D eigenvalue weighted by molar-refractivity contribution is 0.604. The third-order valence-electron chi connectivity index (χ3n) is 3.38. The number of nitrogens with zero attached hydrogens (tertiary/aromatic N) is 1. The molecular weight excluding hydrogens is 260 g/mol. The molecule has 0 saturated heterocycles. The van der Waals surface area contributed by atoms with E-state index in [9.17, 15) is 4.91 Å². The highest BCUT2D eigenvalue weighted by atomic mass is 16.3. The van der Waals surface area contributed by atoms with Crippen LogP contribution < -0.4 is 5.73 Å². The third kappa shape index (κ3) is 8.20. The van der Waals surface area contributed by atoms with Crippen molar-refractivity contribution in [3.05, 3.63) is 65.1 Å². The minimum atomic E-state index is 0.0784. The van der Waals surface area contributed by atoms with Crippen LogP contribution in [0.3, 0.4) is 0 Å². The van der Waals surface area contributed by atoms with E-state index in [-0.39, 0.29) is 6.04 Å². The van der Waals surface area contributed by atoms with Gasteiger partial charge in [0.05, 0.1) is 6.54 Å². The van der Waals surface area contributed by atoms with Crippen molar-refractivity contribution >= 4 is 0 Å². The number of hydrogen-bond donors (Lipinski definition) is 1. The van der Waals surface area contributed by atoms with E-state index >= 15 is 0 Å². The molecule has 2 N–H and O–H groups in total. The highest BCUT2D eigenvalue weighted by Gasteiger charge is 2.01. The normalized spacial score (nSPS) is 14.6. The SMILES string of the molecule is CC(CC=CCCC=CCC(N)c1ccccc1)CN=O. The molecule has 2 unspecified atom stereocenters. The summed E-state index contributed by atoms with van der Waals surface area (Å²) < 4.78 is 0. The number of nitroso groups, excluding NO2 is 1. The van der Waals surface area contributed by atoms with Crippen molar-refractivity contribution in [2.75, 3.05) is 6.54 Å². The highest BCUT2D eigenvalue weighted by molar-refractivity contribution is 5.19. The minimum Gasteiger partial charge on any atom is -0.324 e. The summed E-state index contributed by atoms with van der Waals surface area (Å²) in [6.45, 7) is 2.44. The van der Waals surface area contributed by atoms with Crippen molar-refractivity contribution < 1.29 is 0 Å². The van der Waals surface area contributed by atoms with Crippen LogP contribution >= 0.6 is 0 Å². The van der Waals surface area contributed by atoms with Gasteiger partial charge >= 0.3 is 0 Å². The molecule has 1 aromatic carbocycles. The maximum Gasteiger partial charge on any atom is 0.0839 e. The number of benzene rings is 1. The molecule has 0 aromatic heterocycles. The molecule has 0 aliphatic carbocycles. The van der Waals surface area contributed by atoms with E-state index in [0.717, 1.165) is 25.7 Å². The second-order valence-electron chi connectivity index (χ2n) is 5.43. The predicted octanol–water partition coefficient (Wildman–Crippen LogP) is 4.76. The Morgan fingerprint density at radius 3 is 2.29 bits per heavy atom. The van der Waals surface area contributed by atoms with E-state index in [1.807, 2.05) is 25.1 Å². The van der Waals surface area contributed by atoms with E-state index in [1.54, 1.807) is 0 Å². The first-order valence-electron chi connectivity index (χ1n) is 7.63. The molecule has 0 heterocycles. The minimum absolute atomic E-state index is 0.0784.